The van der Waals surface area contributed by atoms with Gasteiger partial charge in [-0.15, -0.1) is 0 Å². The van der Waals surface area contributed by atoms with E-state index in [1.54, 1.807) is 0 Å². The first kappa shape index (κ1) is 11.1. The summed E-state index contributed by atoms with van der Waals surface area (Å²) in [6, 6.07) is 9.36. The summed E-state index contributed by atoms with van der Waals surface area (Å²) >= 11 is 0. The predicted octanol–water partition coefficient (Wildman–Crippen LogP) is 0.893. The molecule has 1 aliphatic heterocycles. The number of amides is 1. The fourth-order valence-corrected chi connectivity index (χ4v) is 1.98. The van der Waals surface area contributed by atoms with Gasteiger partial charge in [0, 0.05) is 5.92 Å². The van der Waals surface area contributed by atoms with E-state index in [2.05, 4.69) is 5.32 Å². The zero-order chi connectivity index (χ0) is 11.4. The normalized spacial score (nSPS) is 17.1. The monoisotopic (exact) mass is 219 g/mol. The molecule has 1 aromatic carbocycles. The maximum absolute atomic E-state index is 12.1. The molecule has 0 spiro atoms. The van der Waals surface area contributed by atoms with Crippen molar-refractivity contribution in [1.29, 1.82) is 0 Å². The molecule has 16 heavy (non-hydrogen) atoms. The van der Waals surface area contributed by atoms with Crippen molar-refractivity contribution in [3.63, 3.8) is 0 Å². The Balaban J connectivity index is 2.04. The number of benzene rings is 1. The molecule has 1 saturated heterocycles. The fraction of sp³-hybridized carbons (Fsp3) is 0.417. The minimum Gasteiger partial charge on any atom is -0.317 e. The van der Waals surface area contributed by atoms with Crippen LogP contribution in [-0.2, 0) is 4.79 Å². The summed E-state index contributed by atoms with van der Waals surface area (Å²) in [4.78, 5) is 12.1. The molecule has 1 heterocycles. The maximum atomic E-state index is 12.1. The molecule has 2 rings (SSSR count). The molecule has 1 aromatic rings. The van der Waals surface area contributed by atoms with E-state index in [1.807, 2.05) is 30.3 Å². The molecule has 86 valence electrons. The number of rotatable bonds is 2. The van der Waals surface area contributed by atoms with Crippen LogP contribution in [0.25, 0.3) is 0 Å². The van der Waals surface area contributed by atoms with E-state index in [9.17, 15) is 4.79 Å². The van der Waals surface area contributed by atoms with Gasteiger partial charge in [-0.1, -0.05) is 18.2 Å². The molecule has 0 aromatic heterocycles. The molecular weight excluding hydrogens is 202 g/mol. The Labute approximate surface area is 95.4 Å². The van der Waals surface area contributed by atoms with Gasteiger partial charge >= 0.3 is 0 Å². The van der Waals surface area contributed by atoms with E-state index < -0.39 is 0 Å². The first-order valence-electron chi connectivity index (χ1n) is 5.63. The van der Waals surface area contributed by atoms with Gasteiger partial charge in [-0.25, -0.2) is 10.9 Å². The molecule has 4 nitrogen and oxygen atoms in total. The highest BCUT2D eigenvalue weighted by Crippen LogP contribution is 2.18. The van der Waals surface area contributed by atoms with E-state index >= 15 is 0 Å². The molecule has 3 N–H and O–H groups in total. The minimum absolute atomic E-state index is 0.0210. The molecule has 0 saturated carbocycles. The van der Waals surface area contributed by atoms with Crippen molar-refractivity contribution in [2.24, 2.45) is 11.8 Å². The smallest absolute Gasteiger partial charge is 0.244 e. The van der Waals surface area contributed by atoms with E-state index in [1.165, 1.54) is 5.01 Å². The number of nitrogens with one attached hydrogen (secondary N) is 1. The third kappa shape index (κ3) is 2.40. The molecule has 1 amide bonds. The number of hydrogen-bond donors (Lipinski definition) is 2. The molecule has 4 heteroatoms. The molecular formula is C12H17N3O. The fourth-order valence-electron chi connectivity index (χ4n) is 1.98. The van der Waals surface area contributed by atoms with Gasteiger partial charge in [0.05, 0.1) is 5.69 Å². The first-order valence-corrected chi connectivity index (χ1v) is 5.63. The standard InChI is InChI=1S/C12H17N3O/c13-15(11-4-2-1-3-5-11)12(16)10-6-8-14-9-7-10/h1-5,10,14H,6-9,13H2. The van der Waals surface area contributed by atoms with Crippen molar-refractivity contribution in [3.05, 3.63) is 30.3 Å². The average molecular weight is 219 g/mol. The van der Waals surface area contributed by atoms with Crippen molar-refractivity contribution in [3.8, 4) is 0 Å². The van der Waals surface area contributed by atoms with Crippen LogP contribution < -0.4 is 16.2 Å². The summed E-state index contributed by atoms with van der Waals surface area (Å²) in [5, 5.41) is 4.51. The summed E-state index contributed by atoms with van der Waals surface area (Å²) in [5.41, 5.74) is 0.756. The first-order chi connectivity index (χ1) is 7.79. The Bertz CT molecular complexity index is 347. The lowest BCUT2D eigenvalue weighted by molar-refractivity contribution is -0.123. The highest BCUT2D eigenvalue weighted by molar-refractivity contribution is 5.93. The Morgan fingerprint density at radius 1 is 1.25 bits per heavy atom. The van der Waals surface area contributed by atoms with Crippen molar-refractivity contribution in [1.82, 2.24) is 5.32 Å². The Morgan fingerprint density at radius 2 is 1.88 bits per heavy atom. The second-order valence-corrected chi connectivity index (χ2v) is 4.07. The van der Waals surface area contributed by atoms with Gasteiger partial charge in [0.25, 0.3) is 0 Å². The summed E-state index contributed by atoms with van der Waals surface area (Å²) in [6.45, 7) is 1.80. The number of nitrogens with zero attached hydrogens (tertiary/aromatic N) is 1. The summed E-state index contributed by atoms with van der Waals surface area (Å²) in [7, 11) is 0. The maximum Gasteiger partial charge on any atom is 0.244 e. The van der Waals surface area contributed by atoms with Gasteiger partial charge in [-0.3, -0.25) is 4.79 Å². The SMILES string of the molecule is NN(C(=O)C1CCNCC1)c1ccccc1. The van der Waals surface area contributed by atoms with E-state index in [0.29, 0.717) is 0 Å². The topological polar surface area (TPSA) is 58.4 Å². The second kappa shape index (κ2) is 5.09. The van der Waals surface area contributed by atoms with Gasteiger partial charge in [-0.05, 0) is 38.1 Å². The highest BCUT2D eigenvalue weighted by Gasteiger charge is 2.24. The largest absolute Gasteiger partial charge is 0.317 e. The van der Waals surface area contributed by atoms with Crippen molar-refractivity contribution < 1.29 is 4.79 Å². The number of anilines is 1. The average Bonchev–Trinajstić information content (AvgIpc) is 2.39. The molecule has 0 atom stereocenters. The number of hydrazine groups is 1. The Hall–Kier alpha value is -1.39. The van der Waals surface area contributed by atoms with Crippen LogP contribution in [0.3, 0.4) is 0 Å². The number of carbonyl (C=O) groups excluding carboxylic acids is 1. The quantitative estimate of drug-likeness (QED) is 0.441. The predicted molar refractivity (Wildman–Crippen MR) is 63.7 cm³/mol. The van der Waals surface area contributed by atoms with Crippen LogP contribution in [0.4, 0.5) is 5.69 Å². The molecule has 0 radical (unpaired) electrons. The van der Waals surface area contributed by atoms with E-state index in [-0.39, 0.29) is 11.8 Å². The van der Waals surface area contributed by atoms with Crippen LogP contribution in [-0.4, -0.2) is 19.0 Å². The van der Waals surface area contributed by atoms with Crippen molar-refractivity contribution in [2.75, 3.05) is 18.1 Å². The molecule has 1 aliphatic rings. The molecule has 0 aliphatic carbocycles. The number of nitrogens with two attached hydrogens (primary N) is 1. The number of piperidine rings is 1. The van der Waals surface area contributed by atoms with Crippen LogP contribution in [0.1, 0.15) is 12.8 Å². The third-order valence-corrected chi connectivity index (χ3v) is 2.96. The Kier molecular flexibility index (Phi) is 3.54. The summed E-state index contributed by atoms with van der Waals surface area (Å²) < 4.78 is 0. The zero-order valence-corrected chi connectivity index (χ0v) is 9.23. The van der Waals surface area contributed by atoms with Crippen molar-refractivity contribution >= 4 is 11.6 Å². The molecule has 0 unspecified atom stereocenters. The number of para-hydroxylation sites is 1. The van der Waals surface area contributed by atoms with Gasteiger partial charge in [0.2, 0.25) is 5.91 Å². The van der Waals surface area contributed by atoms with Crippen LogP contribution in [0.15, 0.2) is 30.3 Å². The minimum atomic E-state index is 0.0210. The van der Waals surface area contributed by atoms with E-state index in [4.69, 9.17) is 5.84 Å². The van der Waals surface area contributed by atoms with E-state index in [0.717, 1.165) is 31.6 Å². The van der Waals surface area contributed by atoms with Gasteiger partial charge in [-0.2, -0.15) is 0 Å². The lowest BCUT2D eigenvalue weighted by atomic mass is 9.97. The van der Waals surface area contributed by atoms with Crippen LogP contribution in [0.2, 0.25) is 0 Å². The third-order valence-electron chi connectivity index (χ3n) is 2.96. The molecule has 0 bridgehead atoms. The molecule has 1 fully saturated rings. The number of carbonyl (C=O) groups is 1. The van der Waals surface area contributed by atoms with Crippen LogP contribution in [0.5, 0.6) is 0 Å². The lowest BCUT2D eigenvalue weighted by Gasteiger charge is -2.26. The van der Waals surface area contributed by atoms with Gasteiger partial charge in [0.15, 0.2) is 0 Å². The summed E-state index contributed by atoms with van der Waals surface area (Å²) in [5.74, 6) is 5.92. The van der Waals surface area contributed by atoms with Crippen molar-refractivity contribution in [2.45, 2.75) is 12.8 Å². The van der Waals surface area contributed by atoms with Gasteiger partial charge in [0.1, 0.15) is 0 Å². The number of hydrogen-bond acceptors (Lipinski definition) is 3. The van der Waals surface area contributed by atoms with Crippen LogP contribution in [0, 0.1) is 5.92 Å². The highest BCUT2D eigenvalue weighted by atomic mass is 16.2. The van der Waals surface area contributed by atoms with Crippen LogP contribution >= 0.6 is 0 Å². The Morgan fingerprint density at radius 3 is 2.50 bits per heavy atom. The lowest BCUT2D eigenvalue weighted by Crippen LogP contribution is -2.44. The van der Waals surface area contributed by atoms with Gasteiger partial charge < -0.3 is 5.32 Å². The second-order valence-electron chi connectivity index (χ2n) is 4.07. The summed E-state index contributed by atoms with van der Waals surface area (Å²) in [6.07, 6.45) is 1.75. The zero-order valence-electron chi connectivity index (χ0n) is 9.23.